The highest BCUT2D eigenvalue weighted by atomic mass is 19.4. The first-order valence-electron chi connectivity index (χ1n) is 5.59. The number of nitrogens with zero attached hydrogens (tertiary/aromatic N) is 2. The number of carbonyl (C=O) groups is 1. The number of carbonyl (C=O) groups excluding carboxylic acids is 1. The topological polar surface area (TPSA) is 44.7 Å². The molecule has 102 valence electrons. The Labute approximate surface area is 107 Å². The van der Waals surface area contributed by atoms with Crippen LogP contribution in [-0.4, -0.2) is 36.8 Å². The van der Waals surface area contributed by atoms with Gasteiger partial charge in [-0.3, -0.25) is 9.80 Å². The van der Waals surface area contributed by atoms with Gasteiger partial charge in [-0.25, -0.2) is 0 Å². The Morgan fingerprint density at radius 1 is 1.47 bits per heavy atom. The highest BCUT2D eigenvalue weighted by molar-refractivity contribution is 5.96. The van der Waals surface area contributed by atoms with Gasteiger partial charge < -0.3 is 5.32 Å². The van der Waals surface area contributed by atoms with E-state index < -0.39 is 17.6 Å². The van der Waals surface area contributed by atoms with Crippen LogP contribution in [0.5, 0.6) is 0 Å². The maximum atomic E-state index is 12.5. The lowest BCUT2D eigenvalue weighted by Gasteiger charge is -2.13. The van der Waals surface area contributed by atoms with Gasteiger partial charge in [0.25, 0.3) is 5.91 Å². The van der Waals surface area contributed by atoms with E-state index >= 15 is 0 Å². The van der Waals surface area contributed by atoms with Gasteiger partial charge in [-0.15, -0.1) is 0 Å². The van der Waals surface area contributed by atoms with E-state index in [1.807, 2.05) is 0 Å². The molecule has 0 spiro atoms. The van der Waals surface area contributed by atoms with E-state index in [-0.39, 0.29) is 11.6 Å². The first kappa shape index (κ1) is 13.4. The standard InChI is InChI=1S/C12H12F3N3O/c1-18-7-10(6-16-18)17-11(19)8-3-2-4-9(5-8)12(13,14)15/h2-6,10H,7H2,1H3,(H,17,19). The minimum atomic E-state index is -4.45. The predicted molar refractivity (Wildman–Crippen MR) is 63.8 cm³/mol. The summed E-state index contributed by atoms with van der Waals surface area (Å²) in [6.07, 6.45) is -2.91. The molecule has 0 radical (unpaired) electrons. The molecule has 1 amide bonds. The minimum Gasteiger partial charge on any atom is -0.342 e. The van der Waals surface area contributed by atoms with Crippen molar-refractivity contribution in [3.05, 3.63) is 35.4 Å². The number of halogens is 3. The van der Waals surface area contributed by atoms with Crippen LogP contribution in [0.25, 0.3) is 0 Å². The Kier molecular flexibility index (Phi) is 3.46. The zero-order valence-electron chi connectivity index (χ0n) is 10.1. The van der Waals surface area contributed by atoms with Crippen molar-refractivity contribution in [2.24, 2.45) is 5.10 Å². The molecule has 1 unspecified atom stereocenters. The molecule has 19 heavy (non-hydrogen) atoms. The van der Waals surface area contributed by atoms with E-state index in [1.54, 1.807) is 18.3 Å². The molecule has 1 aromatic carbocycles. The van der Waals surface area contributed by atoms with Crippen LogP contribution in [0.1, 0.15) is 15.9 Å². The Bertz CT molecular complexity index is 513. The van der Waals surface area contributed by atoms with Crippen molar-refractivity contribution < 1.29 is 18.0 Å². The average molecular weight is 271 g/mol. The Morgan fingerprint density at radius 3 is 2.79 bits per heavy atom. The summed E-state index contributed by atoms with van der Waals surface area (Å²) < 4.78 is 37.6. The second kappa shape index (κ2) is 4.91. The van der Waals surface area contributed by atoms with Crippen LogP contribution in [0, 0.1) is 0 Å². The second-order valence-corrected chi connectivity index (χ2v) is 4.26. The Hall–Kier alpha value is -2.05. The molecule has 0 saturated heterocycles. The number of rotatable bonds is 2. The summed E-state index contributed by atoms with van der Waals surface area (Å²) in [6, 6.07) is 4.05. The normalized spacial score (nSPS) is 18.7. The van der Waals surface area contributed by atoms with Crippen LogP contribution in [0.15, 0.2) is 29.4 Å². The molecule has 0 aliphatic carbocycles. The summed E-state index contributed by atoms with van der Waals surface area (Å²) in [5.41, 5.74) is -0.852. The number of benzene rings is 1. The van der Waals surface area contributed by atoms with Crippen molar-refractivity contribution in [2.45, 2.75) is 12.2 Å². The molecule has 1 aliphatic heterocycles. The van der Waals surface area contributed by atoms with E-state index in [0.29, 0.717) is 6.54 Å². The Morgan fingerprint density at radius 2 is 2.21 bits per heavy atom. The van der Waals surface area contributed by atoms with E-state index in [1.165, 1.54) is 12.1 Å². The number of likely N-dealkylation sites (N-methyl/N-ethyl adjacent to an activating group) is 1. The molecule has 2 rings (SSSR count). The van der Waals surface area contributed by atoms with Crippen molar-refractivity contribution in [2.75, 3.05) is 13.6 Å². The molecule has 4 nitrogen and oxygen atoms in total. The van der Waals surface area contributed by atoms with Crippen LogP contribution in [0.4, 0.5) is 13.2 Å². The predicted octanol–water partition coefficient (Wildman–Crippen LogP) is 1.73. The molecule has 1 N–H and O–H groups in total. The molecular weight excluding hydrogens is 259 g/mol. The van der Waals surface area contributed by atoms with Crippen LogP contribution in [0.2, 0.25) is 0 Å². The maximum absolute atomic E-state index is 12.5. The van der Waals surface area contributed by atoms with Crippen LogP contribution < -0.4 is 5.32 Å². The largest absolute Gasteiger partial charge is 0.416 e. The minimum absolute atomic E-state index is 0.0159. The zero-order valence-corrected chi connectivity index (χ0v) is 10.1. The van der Waals surface area contributed by atoms with Gasteiger partial charge in [-0.05, 0) is 18.2 Å². The smallest absolute Gasteiger partial charge is 0.342 e. The molecule has 0 fully saturated rings. The summed E-state index contributed by atoms with van der Waals surface area (Å²) in [7, 11) is 1.74. The molecule has 0 bridgehead atoms. The van der Waals surface area contributed by atoms with Gasteiger partial charge in [0.2, 0.25) is 0 Å². The SMILES string of the molecule is CN1CC(NC(=O)c2cccc(C(F)(F)F)c2)C=N1. The van der Waals surface area contributed by atoms with E-state index in [0.717, 1.165) is 12.1 Å². The number of hydrazone groups is 1. The first-order valence-corrected chi connectivity index (χ1v) is 5.59. The van der Waals surface area contributed by atoms with Crippen molar-refractivity contribution in [3.63, 3.8) is 0 Å². The number of amides is 1. The average Bonchev–Trinajstić information content (AvgIpc) is 2.74. The van der Waals surface area contributed by atoms with E-state index in [9.17, 15) is 18.0 Å². The van der Waals surface area contributed by atoms with E-state index in [2.05, 4.69) is 10.4 Å². The number of alkyl halides is 3. The molecule has 1 aromatic rings. The summed E-state index contributed by atoms with van der Waals surface area (Å²) >= 11 is 0. The van der Waals surface area contributed by atoms with Gasteiger partial charge in [0.1, 0.15) is 0 Å². The summed E-state index contributed by atoms with van der Waals surface area (Å²) in [5.74, 6) is -0.544. The summed E-state index contributed by atoms with van der Waals surface area (Å²) in [6.45, 7) is 0.505. The molecule has 0 saturated carbocycles. The lowest BCUT2D eigenvalue weighted by Crippen LogP contribution is -2.38. The summed E-state index contributed by atoms with van der Waals surface area (Å²) in [4.78, 5) is 11.8. The summed E-state index contributed by atoms with van der Waals surface area (Å²) in [5, 5.41) is 8.18. The molecule has 1 heterocycles. The van der Waals surface area contributed by atoms with Gasteiger partial charge in [0, 0.05) is 18.8 Å². The van der Waals surface area contributed by atoms with Crippen molar-refractivity contribution in [3.8, 4) is 0 Å². The first-order chi connectivity index (χ1) is 8.86. The zero-order chi connectivity index (χ0) is 14.0. The van der Waals surface area contributed by atoms with Gasteiger partial charge >= 0.3 is 6.18 Å². The van der Waals surface area contributed by atoms with Gasteiger partial charge in [-0.2, -0.15) is 18.3 Å². The third kappa shape index (κ3) is 3.24. The monoisotopic (exact) mass is 271 g/mol. The highest BCUT2D eigenvalue weighted by Crippen LogP contribution is 2.29. The fourth-order valence-corrected chi connectivity index (χ4v) is 1.74. The van der Waals surface area contributed by atoms with Crippen LogP contribution in [0.3, 0.4) is 0 Å². The van der Waals surface area contributed by atoms with Crippen molar-refractivity contribution in [1.29, 1.82) is 0 Å². The number of hydrogen-bond acceptors (Lipinski definition) is 3. The number of nitrogens with one attached hydrogen (secondary N) is 1. The highest BCUT2D eigenvalue weighted by Gasteiger charge is 2.31. The molecule has 1 aliphatic rings. The van der Waals surface area contributed by atoms with E-state index in [4.69, 9.17) is 0 Å². The van der Waals surface area contributed by atoms with Crippen molar-refractivity contribution >= 4 is 12.1 Å². The second-order valence-electron chi connectivity index (χ2n) is 4.26. The van der Waals surface area contributed by atoms with Gasteiger partial charge in [0.15, 0.2) is 0 Å². The number of hydrogen-bond donors (Lipinski definition) is 1. The third-order valence-corrected chi connectivity index (χ3v) is 2.67. The molecule has 7 heteroatoms. The lowest BCUT2D eigenvalue weighted by molar-refractivity contribution is -0.137. The molecular formula is C12H12F3N3O. The molecule has 1 atom stereocenters. The van der Waals surface area contributed by atoms with Gasteiger partial charge in [-0.1, -0.05) is 6.07 Å². The lowest BCUT2D eigenvalue weighted by atomic mass is 10.1. The van der Waals surface area contributed by atoms with Crippen molar-refractivity contribution in [1.82, 2.24) is 10.3 Å². The van der Waals surface area contributed by atoms with Gasteiger partial charge in [0.05, 0.1) is 18.2 Å². The maximum Gasteiger partial charge on any atom is 0.416 e. The molecule has 0 aromatic heterocycles. The van der Waals surface area contributed by atoms with Crippen LogP contribution >= 0.6 is 0 Å². The Balaban J connectivity index is 2.09. The third-order valence-electron chi connectivity index (χ3n) is 2.67. The fraction of sp³-hybridized carbons (Fsp3) is 0.333. The fourth-order valence-electron chi connectivity index (χ4n) is 1.74. The van der Waals surface area contributed by atoms with Crippen LogP contribution in [-0.2, 0) is 6.18 Å². The quantitative estimate of drug-likeness (QED) is 0.890.